The van der Waals surface area contributed by atoms with Crippen molar-refractivity contribution in [1.29, 1.82) is 0 Å². The first-order chi connectivity index (χ1) is 9.19. The van der Waals surface area contributed by atoms with Crippen molar-refractivity contribution in [3.05, 3.63) is 28.6 Å². The first kappa shape index (κ1) is 13.8. The van der Waals surface area contributed by atoms with E-state index in [-0.39, 0.29) is 6.54 Å². The summed E-state index contributed by atoms with van der Waals surface area (Å²) in [6, 6.07) is 3.47. The molecule has 2 N–H and O–H groups in total. The molecule has 7 heteroatoms. The number of nitrogens with zero attached hydrogens (tertiary/aromatic N) is 2. The van der Waals surface area contributed by atoms with Crippen molar-refractivity contribution < 1.29 is 14.0 Å². The molecule has 0 aliphatic heterocycles. The number of hydrogen-bond acceptors (Lipinski definition) is 6. The first-order valence-electron chi connectivity index (χ1n) is 5.58. The van der Waals surface area contributed by atoms with Crippen molar-refractivity contribution in [2.24, 2.45) is 5.73 Å². The minimum Gasteiger partial charge on any atom is -0.496 e. The zero-order valence-electron chi connectivity index (χ0n) is 10.6. The van der Waals surface area contributed by atoms with Crippen LogP contribution in [-0.4, -0.2) is 24.4 Å². The van der Waals surface area contributed by atoms with Gasteiger partial charge in [-0.15, -0.1) is 0 Å². The Hall–Kier alpha value is -1.63. The van der Waals surface area contributed by atoms with Gasteiger partial charge in [0, 0.05) is 12.1 Å². The van der Waals surface area contributed by atoms with E-state index in [0.717, 1.165) is 5.56 Å². The summed E-state index contributed by atoms with van der Waals surface area (Å²) < 4.78 is 15.5. The Kier molecular flexibility index (Phi) is 4.36. The highest BCUT2D eigenvalue weighted by Crippen LogP contribution is 2.35. The lowest BCUT2D eigenvalue weighted by Crippen LogP contribution is -1.99. The Bertz CT molecular complexity index is 571. The first-order valence-corrected chi connectivity index (χ1v) is 5.95. The maximum Gasteiger partial charge on any atom is 0.240 e. The molecule has 0 unspecified atom stereocenters. The second-order valence-corrected chi connectivity index (χ2v) is 4.23. The van der Waals surface area contributed by atoms with Crippen molar-refractivity contribution in [3.8, 4) is 17.1 Å². The van der Waals surface area contributed by atoms with E-state index < -0.39 is 0 Å². The van der Waals surface area contributed by atoms with Crippen LogP contribution >= 0.6 is 11.6 Å². The highest BCUT2D eigenvalue weighted by molar-refractivity contribution is 6.31. The molecule has 6 nitrogen and oxygen atoms in total. The summed E-state index contributed by atoms with van der Waals surface area (Å²) in [7, 11) is 3.15. The number of nitrogens with two attached hydrogens (primary N) is 1. The fourth-order valence-electron chi connectivity index (χ4n) is 1.76. The third-order valence-corrected chi connectivity index (χ3v) is 2.75. The summed E-state index contributed by atoms with van der Waals surface area (Å²) in [4.78, 5) is 4.20. The molecular formula is C12H14ClN3O3. The van der Waals surface area contributed by atoms with Crippen LogP contribution in [0.15, 0.2) is 16.7 Å². The van der Waals surface area contributed by atoms with Gasteiger partial charge in [0.1, 0.15) is 5.75 Å². The number of halogens is 1. The van der Waals surface area contributed by atoms with Crippen molar-refractivity contribution in [2.45, 2.75) is 13.2 Å². The van der Waals surface area contributed by atoms with Crippen molar-refractivity contribution in [1.82, 2.24) is 10.1 Å². The Balaban J connectivity index is 2.57. The fraction of sp³-hybridized carbons (Fsp3) is 0.333. The van der Waals surface area contributed by atoms with Gasteiger partial charge in [0.05, 0.1) is 25.8 Å². The van der Waals surface area contributed by atoms with Gasteiger partial charge >= 0.3 is 0 Å². The predicted molar refractivity (Wildman–Crippen MR) is 69.9 cm³/mol. The van der Waals surface area contributed by atoms with E-state index in [0.29, 0.717) is 34.7 Å². The summed E-state index contributed by atoms with van der Waals surface area (Å²) in [5.74, 6) is 1.32. The van der Waals surface area contributed by atoms with Crippen LogP contribution in [0.5, 0.6) is 5.75 Å². The molecule has 0 bridgehead atoms. The molecule has 1 heterocycles. The van der Waals surface area contributed by atoms with Gasteiger partial charge in [-0.25, -0.2) is 0 Å². The lowest BCUT2D eigenvalue weighted by molar-refractivity contribution is 0.185. The number of rotatable bonds is 5. The van der Waals surface area contributed by atoms with Crippen molar-refractivity contribution in [3.63, 3.8) is 0 Å². The molecule has 2 rings (SSSR count). The van der Waals surface area contributed by atoms with Gasteiger partial charge in [-0.2, -0.15) is 4.98 Å². The highest BCUT2D eigenvalue weighted by Gasteiger charge is 2.18. The van der Waals surface area contributed by atoms with E-state index >= 15 is 0 Å². The van der Waals surface area contributed by atoms with E-state index in [1.165, 1.54) is 0 Å². The van der Waals surface area contributed by atoms with Crippen LogP contribution in [0, 0.1) is 0 Å². The quantitative estimate of drug-likeness (QED) is 0.903. The van der Waals surface area contributed by atoms with Gasteiger partial charge in [-0.3, -0.25) is 0 Å². The van der Waals surface area contributed by atoms with Crippen LogP contribution < -0.4 is 10.5 Å². The minimum absolute atomic E-state index is 0.183. The molecule has 19 heavy (non-hydrogen) atoms. The molecule has 0 saturated carbocycles. The zero-order valence-corrected chi connectivity index (χ0v) is 11.4. The molecule has 0 amide bonds. The van der Waals surface area contributed by atoms with Crippen LogP contribution in [-0.2, 0) is 17.9 Å². The van der Waals surface area contributed by atoms with Crippen LogP contribution in [0.3, 0.4) is 0 Å². The van der Waals surface area contributed by atoms with Gasteiger partial charge in [-0.05, 0) is 17.7 Å². The molecule has 102 valence electrons. The van der Waals surface area contributed by atoms with E-state index in [1.807, 2.05) is 0 Å². The van der Waals surface area contributed by atoms with Crippen LogP contribution in [0.25, 0.3) is 11.4 Å². The van der Waals surface area contributed by atoms with Gasteiger partial charge in [-0.1, -0.05) is 16.8 Å². The fourth-order valence-corrected chi connectivity index (χ4v) is 1.99. The predicted octanol–water partition coefficient (Wildman–Crippen LogP) is 2.00. The van der Waals surface area contributed by atoms with Gasteiger partial charge < -0.3 is 19.7 Å². The molecule has 0 aliphatic carbocycles. The van der Waals surface area contributed by atoms with Crippen LogP contribution in [0.1, 0.15) is 11.5 Å². The topological polar surface area (TPSA) is 83.4 Å². The largest absolute Gasteiger partial charge is 0.496 e. The van der Waals surface area contributed by atoms with Gasteiger partial charge in [0.2, 0.25) is 11.7 Å². The van der Waals surface area contributed by atoms with E-state index in [4.69, 9.17) is 31.3 Å². The Morgan fingerprint density at radius 1 is 1.37 bits per heavy atom. The van der Waals surface area contributed by atoms with E-state index in [1.54, 1.807) is 26.4 Å². The van der Waals surface area contributed by atoms with E-state index in [9.17, 15) is 0 Å². The molecule has 0 aliphatic rings. The summed E-state index contributed by atoms with van der Waals surface area (Å²) >= 11 is 6.04. The average molecular weight is 284 g/mol. The second-order valence-electron chi connectivity index (χ2n) is 3.79. The summed E-state index contributed by atoms with van der Waals surface area (Å²) in [6.07, 6.45) is 0. The number of ether oxygens (including phenoxy) is 2. The molecule has 1 aromatic carbocycles. The third-order valence-electron chi connectivity index (χ3n) is 2.53. The van der Waals surface area contributed by atoms with Crippen molar-refractivity contribution >= 4 is 11.6 Å². The van der Waals surface area contributed by atoms with Crippen molar-refractivity contribution in [2.75, 3.05) is 14.2 Å². The van der Waals surface area contributed by atoms with Gasteiger partial charge in [0.15, 0.2) is 0 Å². The Labute approximate surface area is 115 Å². The lowest BCUT2D eigenvalue weighted by Gasteiger charge is -2.11. The maximum atomic E-state index is 6.04. The monoisotopic (exact) mass is 283 g/mol. The molecule has 2 aromatic rings. The Morgan fingerprint density at radius 2 is 2.16 bits per heavy atom. The maximum absolute atomic E-state index is 6.04. The minimum atomic E-state index is 0.183. The second kappa shape index (κ2) is 6.01. The molecule has 0 atom stereocenters. The average Bonchev–Trinajstić information content (AvgIpc) is 2.86. The number of benzene rings is 1. The summed E-state index contributed by atoms with van der Waals surface area (Å²) in [6.45, 7) is 0.543. The number of methoxy groups -OCH3 is 2. The molecule has 1 aromatic heterocycles. The molecular weight excluding hydrogens is 270 g/mol. The number of aromatic nitrogens is 2. The van der Waals surface area contributed by atoms with Crippen LogP contribution in [0.2, 0.25) is 5.02 Å². The molecule has 0 radical (unpaired) electrons. The van der Waals surface area contributed by atoms with Gasteiger partial charge in [0.25, 0.3) is 0 Å². The summed E-state index contributed by atoms with van der Waals surface area (Å²) in [5.41, 5.74) is 6.97. The number of hydrogen-bond donors (Lipinski definition) is 1. The standard InChI is InChI=1S/C12H14ClN3O3/c1-17-6-7-3-8(13)4-9(18-2)11(7)12-15-10(5-14)19-16-12/h3-4H,5-6,14H2,1-2H3. The zero-order chi connectivity index (χ0) is 13.8. The normalized spacial score (nSPS) is 10.7. The molecule has 0 spiro atoms. The lowest BCUT2D eigenvalue weighted by atomic mass is 10.1. The third kappa shape index (κ3) is 2.86. The summed E-state index contributed by atoms with van der Waals surface area (Å²) in [5, 5.41) is 4.44. The van der Waals surface area contributed by atoms with E-state index in [2.05, 4.69) is 10.1 Å². The van der Waals surface area contributed by atoms with Crippen LogP contribution in [0.4, 0.5) is 0 Å². The SMILES string of the molecule is COCc1cc(Cl)cc(OC)c1-c1noc(CN)n1. The molecule has 0 saturated heterocycles. The smallest absolute Gasteiger partial charge is 0.240 e. The molecule has 0 fully saturated rings. The highest BCUT2D eigenvalue weighted by atomic mass is 35.5. The Morgan fingerprint density at radius 3 is 2.74 bits per heavy atom.